The lowest BCUT2D eigenvalue weighted by Gasteiger charge is -2.37. The molecule has 33 nitrogen and oxygen atoms in total. The molecule has 0 spiro atoms. The van der Waals surface area contributed by atoms with Crippen LogP contribution in [-0.4, -0.2) is 241 Å². The van der Waals surface area contributed by atoms with Crippen molar-refractivity contribution in [1.29, 1.82) is 5.53 Å². The summed E-state index contributed by atoms with van der Waals surface area (Å²) < 4.78 is 58.8. The summed E-state index contributed by atoms with van der Waals surface area (Å²) >= 11 is 0. The highest BCUT2D eigenvalue weighted by atomic mass is 32.2. The van der Waals surface area contributed by atoms with Crippen molar-refractivity contribution in [2.75, 3.05) is 40.4 Å². The molecule has 0 aromatic heterocycles. The first kappa shape index (κ1) is 98.8. The van der Waals surface area contributed by atoms with E-state index in [1.807, 2.05) is 84.9 Å². The monoisotopic (exact) mass is 1800 g/mol. The summed E-state index contributed by atoms with van der Waals surface area (Å²) in [4.78, 5) is 186. The number of benzene rings is 6. The quantitative estimate of drug-likeness (QED) is 0.0182. The van der Waals surface area contributed by atoms with Crippen molar-refractivity contribution in [2.24, 2.45) is 21.4 Å². The number of carbonyl (C=O) groups is 12. The van der Waals surface area contributed by atoms with Gasteiger partial charge in [0.05, 0.1) is 11.3 Å². The molecule has 6 aromatic carbocycles. The van der Waals surface area contributed by atoms with Crippen LogP contribution in [0.25, 0.3) is 21.5 Å². The standard InChI is InChI=1S/C95H124N14O19S/c1-56(98-80(110)57(2)106(16)90(120)127-94(10,11)12)87(117)108-53-63-24-22-23-43-124-70-37-31-60(32-38-70)47-76(89(119)126-93(7,8)9)102-83(113)74(49-62-30-36-65-26-19-21-28-67(65)45-62)101-86(116)78-51-68(54-109(78)88(118)79(92(4,5)6)103-81(111)58(3)107(17)91(121)128-95(13,14)15)97-52-69(104-96)55-125-71-39-33-59(34-40-71)46-75(84(114)105-129(122,123)72-41-42-72)99-82(112)73(100-85(115)77(108)50-63)48-61-29-35-64-25-18-20-27-66(64)44-61/h18-23,25-40,44-45,52,56-58,63,68-69,72-79,96H,24,41-43,46-51,53-55H2,1-17H3,(H,98,110)(H,99,112)(H,100,115)(H,101,116)(H,102,113)(H,103,111)(H,105,114). The maximum atomic E-state index is 15.6. The number of aliphatic imine (C=N–C) groups is 1. The number of nitrogens with one attached hydrogen (secondary N) is 8. The van der Waals surface area contributed by atoms with Crippen LogP contribution in [0, 0.1) is 16.9 Å². The minimum Gasteiger partial charge on any atom is -0.491 e. The average molecular weight is 1800 g/mol. The fourth-order valence-corrected chi connectivity index (χ4v) is 16.5. The van der Waals surface area contributed by atoms with Crippen LogP contribution < -0.4 is 46.1 Å². The Morgan fingerprint density at radius 2 is 1.02 bits per heavy atom. The Balaban J connectivity index is 1.00. The molecule has 0 radical (unpaired) electrons. The second-order valence-electron chi connectivity index (χ2n) is 37.9. The van der Waals surface area contributed by atoms with E-state index in [4.69, 9.17) is 34.2 Å². The molecule has 129 heavy (non-hydrogen) atoms. The fourth-order valence-electron chi connectivity index (χ4n) is 15.1. The molecule has 6 heterocycles. The molecule has 7 aliphatic rings. The minimum absolute atomic E-state index is 0.0110. The van der Waals surface area contributed by atoms with Gasteiger partial charge < -0.3 is 65.4 Å². The summed E-state index contributed by atoms with van der Waals surface area (Å²) in [6.45, 7) is 24.1. The molecule has 2 saturated heterocycles. The predicted molar refractivity (Wildman–Crippen MR) is 485 cm³/mol. The van der Waals surface area contributed by atoms with E-state index < -0.39 is 187 Å². The zero-order chi connectivity index (χ0) is 94.4. The number of carbonyl (C=O) groups excluding carboxylic acids is 12. The number of likely N-dealkylation sites (N-methyl/N-ethyl adjacent to an activating group) is 2. The van der Waals surface area contributed by atoms with E-state index in [1.165, 1.54) is 50.9 Å². The lowest BCUT2D eigenvalue weighted by atomic mass is 9.85. The maximum absolute atomic E-state index is 15.6. The molecule has 13 unspecified atom stereocenters. The summed E-state index contributed by atoms with van der Waals surface area (Å²) in [7, 11) is -1.45. The Morgan fingerprint density at radius 3 is 1.51 bits per heavy atom. The highest BCUT2D eigenvalue weighted by molar-refractivity contribution is 7.91. The van der Waals surface area contributed by atoms with Crippen LogP contribution in [-0.2, 0) is 97.9 Å². The lowest BCUT2D eigenvalue weighted by molar-refractivity contribution is -0.158. The molecule has 8 bridgehead atoms. The number of allylic oxidation sites excluding steroid dienone is 1. The van der Waals surface area contributed by atoms with Gasteiger partial charge in [0.15, 0.2) is 0 Å². The van der Waals surface area contributed by atoms with Gasteiger partial charge in [-0.15, -0.1) is 0 Å². The van der Waals surface area contributed by atoms with Gasteiger partial charge in [0.25, 0.3) is 5.91 Å². The number of likely N-dealkylation sites (tertiary alicyclic amines) is 2. The van der Waals surface area contributed by atoms with Gasteiger partial charge in [-0.25, -0.2) is 28.3 Å². The SMILES string of the molecule is CC(NC(=O)C(C)N(C)C(=O)OC(C)(C)C)C(=O)N1CC2CC=CCOc3ccc(cc3)CC(C(=O)OC(C)(C)C)NC(=O)C(Cc3ccc4ccccc4c3)NC(=O)C3CC(CN3C(=O)C(NC(=O)C(C)N(C)C(=O)OC(C)(C)C)C(C)(C)C)N=CC(N=N)COc3ccc(cc3)CC(C(=O)NS(=O)(=O)C3CC3)NC(=O)C(Cc3ccc4ccccc4c3)NC(=O)C1C2. The summed E-state index contributed by atoms with van der Waals surface area (Å²) in [5.74, 6) is -7.66. The zero-order valence-electron chi connectivity index (χ0n) is 76.6. The fraction of sp³-hybridized carbons (Fsp3) is 0.505. The van der Waals surface area contributed by atoms with Crippen molar-refractivity contribution in [3.8, 4) is 11.5 Å². The van der Waals surface area contributed by atoms with E-state index in [-0.39, 0.29) is 70.6 Å². The molecule has 11 amide bonds. The van der Waals surface area contributed by atoms with Crippen LogP contribution in [0.1, 0.15) is 158 Å². The number of hydrogen-bond donors (Lipinski definition) is 8. The van der Waals surface area contributed by atoms with Crippen molar-refractivity contribution in [2.45, 2.75) is 256 Å². The van der Waals surface area contributed by atoms with Crippen LogP contribution >= 0.6 is 0 Å². The molecule has 34 heteroatoms. The van der Waals surface area contributed by atoms with Gasteiger partial charge in [0.1, 0.15) is 108 Å². The van der Waals surface area contributed by atoms with Crippen molar-refractivity contribution in [3.05, 3.63) is 168 Å². The summed E-state index contributed by atoms with van der Waals surface area (Å²) in [5.41, 5.74) is 6.60. The first-order chi connectivity index (χ1) is 60.6. The second-order valence-corrected chi connectivity index (χ2v) is 39.8. The molecule has 1 saturated carbocycles. The highest BCUT2D eigenvalue weighted by Gasteiger charge is 2.48. The van der Waals surface area contributed by atoms with Gasteiger partial charge in [-0.1, -0.05) is 142 Å². The minimum atomic E-state index is -4.22. The van der Waals surface area contributed by atoms with E-state index in [1.54, 1.807) is 144 Å². The third-order valence-electron chi connectivity index (χ3n) is 22.6. The van der Waals surface area contributed by atoms with E-state index in [0.717, 1.165) is 31.3 Å². The average Bonchev–Trinajstić information content (AvgIpc) is 1.67. The second kappa shape index (κ2) is 42.3. The maximum Gasteiger partial charge on any atom is 0.410 e. The van der Waals surface area contributed by atoms with Crippen molar-refractivity contribution in [1.82, 2.24) is 56.2 Å². The smallest absolute Gasteiger partial charge is 0.410 e. The van der Waals surface area contributed by atoms with E-state index in [0.29, 0.717) is 47.3 Å². The predicted octanol–water partition coefficient (Wildman–Crippen LogP) is 9.07. The molecule has 1 aliphatic carbocycles. The van der Waals surface area contributed by atoms with Crippen LogP contribution in [0.2, 0.25) is 0 Å². The zero-order valence-corrected chi connectivity index (χ0v) is 77.4. The van der Waals surface area contributed by atoms with Gasteiger partial charge in [0.2, 0.25) is 57.3 Å². The van der Waals surface area contributed by atoms with Crippen molar-refractivity contribution < 1.29 is 89.6 Å². The highest BCUT2D eigenvalue weighted by Crippen LogP contribution is 2.33. The topological polar surface area (TPSA) is 431 Å². The molecule has 8 N–H and O–H groups in total. The van der Waals surface area contributed by atoms with Gasteiger partial charge in [-0.05, 0) is 188 Å². The van der Waals surface area contributed by atoms with Gasteiger partial charge in [0, 0.05) is 65.5 Å². The van der Waals surface area contributed by atoms with Crippen LogP contribution in [0.5, 0.6) is 11.5 Å². The molecule has 6 aromatic rings. The van der Waals surface area contributed by atoms with Gasteiger partial charge in [-0.3, -0.25) is 62.7 Å². The number of nitrogens with zero attached hydrogens (tertiary/aromatic N) is 6. The Morgan fingerprint density at radius 1 is 0.558 bits per heavy atom. The molecule has 3 fully saturated rings. The van der Waals surface area contributed by atoms with E-state index in [2.05, 4.69) is 41.7 Å². The molecular formula is C95H124N14O19S. The molecule has 694 valence electrons. The molecule has 6 aliphatic heterocycles. The number of hydrogen-bond acceptors (Lipinski definition) is 22. The summed E-state index contributed by atoms with van der Waals surface area (Å²) in [6, 6.07) is 23.7. The van der Waals surface area contributed by atoms with E-state index >= 15 is 24.0 Å². The van der Waals surface area contributed by atoms with E-state index in [9.17, 15) is 42.0 Å². The van der Waals surface area contributed by atoms with Gasteiger partial charge >= 0.3 is 18.2 Å². The van der Waals surface area contributed by atoms with Crippen LogP contribution in [0.3, 0.4) is 0 Å². The molecular weight excluding hydrogens is 1670 g/mol. The van der Waals surface area contributed by atoms with Crippen LogP contribution in [0.4, 0.5) is 9.59 Å². The number of sulfonamides is 1. The lowest BCUT2D eigenvalue weighted by Crippen LogP contribution is -2.61. The van der Waals surface area contributed by atoms with Gasteiger partial charge in [-0.2, -0.15) is 5.11 Å². The number of ether oxygens (including phenoxy) is 5. The van der Waals surface area contributed by atoms with Crippen molar-refractivity contribution in [3.63, 3.8) is 0 Å². The Labute approximate surface area is 754 Å². The number of fused-ring (bicyclic) bond motifs is 2. The normalized spacial score (nSPS) is 21.9. The summed E-state index contributed by atoms with van der Waals surface area (Å²) in [6.07, 6.45) is 3.42. The first-order valence-electron chi connectivity index (χ1n) is 43.7. The largest absolute Gasteiger partial charge is 0.491 e. The molecule has 13 atom stereocenters. The Bertz CT molecular complexity index is 5290. The third kappa shape index (κ3) is 28.1. The number of rotatable bonds is 17. The molecule has 13 rings (SSSR count). The van der Waals surface area contributed by atoms with Crippen molar-refractivity contribution >= 4 is 109 Å². The Hall–Kier alpha value is -12.4. The van der Waals surface area contributed by atoms with Crippen LogP contribution in [0.15, 0.2) is 156 Å². The third-order valence-corrected chi connectivity index (χ3v) is 24.5. The first-order valence-corrected chi connectivity index (χ1v) is 45.2. The number of amides is 11. The number of esters is 1. The summed E-state index contributed by atoms with van der Waals surface area (Å²) in [5, 5.41) is 23.5. The Kier molecular flexibility index (Phi) is 32.4.